The van der Waals surface area contributed by atoms with E-state index in [0.29, 0.717) is 24.9 Å². The maximum absolute atomic E-state index is 14.0. The van der Waals surface area contributed by atoms with Gasteiger partial charge in [-0.25, -0.2) is 0 Å². The van der Waals surface area contributed by atoms with Crippen LogP contribution in [0, 0.1) is 5.92 Å². The average Bonchev–Trinajstić information content (AvgIpc) is 3.53. The molecule has 12 nitrogen and oxygen atoms in total. The fraction of sp³-hybridized carbons (Fsp3) is 0.500. The maximum atomic E-state index is 14.0. The van der Waals surface area contributed by atoms with Gasteiger partial charge in [-0.15, -0.1) is 0 Å². The van der Waals surface area contributed by atoms with Crippen molar-refractivity contribution in [3.8, 4) is 0 Å². The summed E-state index contributed by atoms with van der Waals surface area (Å²) in [7, 11) is 0. The van der Waals surface area contributed by atoms with Gasteiger partial charge in [0.25, 0.3) is 0 Å². The number of nitrogens with zero attached hydrogens (tertiary/aromatic N) is 2. The van der Waals surface area contributed by atoms with Crippen LogP contribution in [0.15, 0.2) is 30.6 Å². The first-order chi connectivity index (χ1) is 19.1. The van der Waals surface area contributed by atoms with Gasteiger partial charge < -0.3 is 21.1 Å². The normalized spacial score (nSPS) is 20.1. The fourth-order valence-electron chi connectivity index (χ4n) is 5.51. The second kappa shape index (κ2) is 12.3. The molecule has 1 aromatic heterocycles. The van der Waals surface area contributed by atoms with Crippen molar-refractivity contribution in [2.24, 2.45) is 5.92 Å². The van der Waals surface area contributed by atoms with E-state index in [-0.39, 0.29) is 31.1 Å². The minimum absolute atomic E-state index is 0.153. The molecule has 0 bridgehead atoms. The number of para-hydroxylation sites is 1. The van der Waals surface area contributed by atoms with E-state index < -0.39 is 47.9 Å². The molecule has 4 rings (SSSR count). The van der Waals surface area contributed by atoms with Crippen molar-refractivity contribution in [2.75, 3.05) is 4.90 Å². The summed E-state index contributed by atoms with van der Waals surface area (Å²) in [6.07, 6.45) is 4.93. The Kier molecular flexibility index (Phi) is 8.86. The molecule has 2 aromatic rings. The Morgan fingerprint density at radius 1 is 1.20 bits per heavy atom. The number of carbonyl (C=O) groups excluding carboxylic acids is 4. The van der Waals surface area contributed by atoms with Crippen LogP contribution in [0.1, 0.15) is 56.7 Å². The van der Waals surface area contributed by atoms with Crippen LogP contribution >= 0.6 is 0 Å². The van der Waals surface area contributed by atoms with Gasteiger partial charge in [0.2, 0.25) is 23.6 Å². The number of hydrogen-bond acceptors (Lipinski definition) is 6. The maximum Gasteiger partial charge on any atom is 0.305 e. The summed E-state index contributed by atoms with van der Waals surface area (Å²) >= 11 is 0. The number of carboxylic acids is 1. The van der Waals surface area contributed by atoms with E-state index in [9.17, 15) is 29.1 Å². The molecule has 0 saturated heterocycles. The molecule has 4 amide bonds. The van der Waals surface area contributed by atoms with Gasteiger partial charge >= 0.3 is 5.97 Å². The van der Waals surface area contributed by atoms with E-state index in [0.717, 1.165) is 16.7 Å². The number of aromatic amines is 1. The Balaban J connectivity index is 1.58. The second-order valence-electron chi connectivity index (χ2n) is 10.6. The molecule has 1 unspecified atom stereocenters. The molecule has 12 heteroatoms. The Morgan fingerprint density at radius 2 is 1.95 bits per heavy atom. The van der Waals surface area contributed by atoms with E-state index >= 15 is 0 Å². The Bertz CT molecular complexity index is 1280. The number of carboxylic acid groups (broad SMARTS) is 1. The summed E-state index contributed by atoms with van der Waals surface area (Å²) in [5.74, 6) is -2.88. The predicted molar refractivity (Wildman–Crippen MR) is 145 cm³/mol. The first-order valence-electron chi connectivity index (χ1n) is 13.6. The SMILES string of the molecule is CC[C@H](C)[C@H](NC(C)=O)C(=O)NC1CCc2cccc3c2N(C1=O)[C@H](C(=O)N[C@@H](CC(=O)O)Cc1cn[nH]c1)C3. The molecule has 2 aliphatic heterocycles. The number of hydrogen-bond donors (Lipinski definition) is 5. The van der Waals surface area contributed by atoms with Crippen LogP contribution in [-0.2, 0) is 43.2 Å². The molecule has 0 spiro atoms. The predicted octanol–water partition coefficient (Wildman–Crippen LogP) is 0.851. The molecule has 3 heterocycles. The van der Waals surface area contributed by atoms with Gasteiger partial charge in [-0.3, -0.25) is 34.0 Å². The zero-order chi connectivity index (χ0) is 29.0. The fourth-order valence-corrected chi connectivity index (χ4v) is 5.51. The lowest BCUT2D eigenvalue weighted by atomic mass is 9.97. The smallest absolute Gasteiger partial charge is 0.305 e. The van der Waals surface area contributed by atoms with Crippen LogP contribution in [0.25, 0.3) is 0 Å². The summed E-state index contributed by atoms with van der Waals surface area (Å²) in [5, 5.41) is 24.4. The number of benzene rings is 1. The molecule has 0 radical (unpaired) electrons. The third-order valence-electron chi connectivity index (χ3n) is 7.68. The minimum atomic E-state index is -1.06. The van der Waals surface area contributed by atoms with Crippen molar-refractivity contribution < 1.29 is 29.1 Å². The summed E-state index contributed by atoms with van der Waals surface area (Å²) in [5.41, 5.74) is 3.17. The largest absolute Gasteiger partial charge is 0.481 e. The number of carbonyl (C=O) groups is 5. The van der Waals surface area contributed by atoms with Crippen LogP contribution in [-0.4, -0.2) is 69.1 Å². The zero-order valence-electron chi connectivity index (χ0n) is 22.9. The molecule has 0 fully saturated rings. The minimum Gasteiger partial charge on any atom is -0.481 e. The van der Waals surface area contributed by atoms with Gasteiger partial charge in [0.15, 0.2) is 0 Å². The van der Waals surface area contributed by atoms with Crippen molar-refractivity contribution in [1.29, 1.82) is 0 Å². The van der Waals surface area contributed by atoms with Crippen LogP contribution < -0.4 is 20.9 Å². The Morgan fingerprint density at radius 3 is 2.60 bits per heavy atom. The molecular weight excluding hydrogens is 516 g/mol. The highest BCUT2D eigenvalue weighted by Gasteiger charge is 2.44. The van der Waals surface area contributed by atoms with E-state index in [1.54, 1.807) is 12.4 Å². The van der Waals surface area contributed by atoms with E-state index in [2.05, 4.69) is 26.1 Å². The van der Waals surface area contributed by atoms with E-state index in [1.807, 2.05) is 32.0 Å². The van der Waals surface area contributed by atoms with Gasteiger partial charge in [-0.2, -0.15) is 5.10 Å². The lowest BCUT2D eigenvalue weighted by molar-refractivity contribution is -0.138. The number of nitrogens with one attached hydrogen (secondary N) is 4. The van der Waals surface area contributed by atoms with Gasteiger partial charge in [0.05, 0.1) is 18.3 Å². The van der Waals surface area contributed by atoms with Gasteiger partial charge in [0.1, 0.15) is 18.1 Å². The molecule has 5 atom stereocenters. The van der Waals surface area contributed by atoms with Gasteiger partial charge in [0, 0.05) is 25.6 Å². The van der Waals surface area contributed by atoms with Crippen molar-refractivity contribution in [3.63, 3.8) is 0 Å². The third kappa shape index (κ3) is 6.32. The summed E-state index contributed by atoms with van der Waals surface area (Å²) < 4.78 is 0. The quantitative estimate of drug-likeness (QED) is 0.275. The topological polar surface area (TPSA) is 174 Å². The van der Waals surface area contributed by atoms with Crippen molar-refractivity contribution in [1.82, 2.24) is 26.1 Å². The molecular formula is C28H36N6O6. The number of aliphatic carboxylic acids is 1. The summed E-state index contributed by atoms with van der Waals surface area (Å²) in [6.45, 7) is 5.11. The third-order valence-corrected chi connectivity index (χ3v) is 7.68. The highest BCUT2D eigenvalue weighted by molar-refractivity contribution is 6.08. The standard InChI is InChI=1S/C28H36N6O6/c1-4-15(2)24(31-16(3)35)27(39)33-21-9-8-18-6-5-7-19-11-22(34(25(18)19)28(21)40)26(38)32-20(12-23(36)37)10-17-13-29-30-14-17/h5-7,13-15,20-22,24H,4,8-12H2,1-3H3,(H,29,30)(H,31,35)(H,32,38)(H,33,39)(H,36,37)/t15-,20+,21?,22-,24-/m0/s1. The van der Waals surface area contributed by atoms with E-state index in [4.69, 9.17) is 0 Å². The average molecular weight is 553 g/mol. The highest BCUT2D eigenvalue weighted by Crippen LogP contribution is 2.39. The highest BCUT2D eigenvalue weighted by atomic mass is 16.4. The Hall–Kier alpha value is -4.22. The number of H-pyrrole nitrogens is 1. The molecule has 0 aliphatic carbocycles. The molecule has 1 aromatic carbocycles. The monoisotopic (exact) mass is 552 g/mol. The van der Waals surface area contributed by atoms with Crippen LogP contribution in [0.3, 0.4) is 0 Å². The number of anilines is 1. The lowest BCUT2D eigenvalue weighted by Gasteiger charge is -2.30. The van der Waals surface area contributed by atoms with Crippen molar-refractivity contribution >= 4 is 35.3 Å². The van der Waals surface area contributed by atoms with Crippen molar-refractivity contribution in [2.45, 2.75) is 83.5 Å². The van der Waals surface area contributed by atoms with Crippen molar-refractivity contribution in [3.05, 3.63) is 47.3 Å². The summed E-state index contributed by atoms with van der Waals surface area (Å²) in [4.78, 5) is 65.6. The summed E-state index contributed by atoms with van der Waals surface area (Å²) in [6, 6.07) is 2.37. The Labute approximate surface area is 232 Å². The van der Waals surface area contributed by atoms with Gasteiger partial charge in [-0.05, 0) is 41.9 Å². The van der Waals surface area contributed by atoms with Crippen LogP contribution in [0.2, 0.25) is 0 Å². The first kappa shape index (κ1) is 28.8. The van der Waals surface area contributed by atoms with Gasteiger partial charge in [-0.1, -0.05) is 38.5 Å². The molecule has 214 valence electrons. The number of amides is 4. The molecule has 2 aliphatic rings. The lowest BCUT2D eigenvalue weighted by Crippen LogP contribution is -2.58. The number of aromatic nitrogens is 2. The van der Waals surface area contributed by atoms with Crippen LogP contribution in [0.5, 0.6) is 0 Å². The first-order valence-corrected chi connectivity index (χ1v) is 13.6. The molecule has 5 N–H and O–H groups in total. The molecule has 0 saturated carbocycles. The zero-order valence-corrected chi connectivity index (χ0v) is 22.9. The second-order valence-corrected chi connectivity index (χ2v) is 10.6. The van der Waals surface area contributed by atoms with Crippen LogP contribution in [0.4, 0.5) is 5.69 Å². The molecule has 40 heavy (non-hydrogen) atoms. The van der Waals surface area contributed by atoms with E-state index in [1.165, 1.54) is 11.8 Å². The number of aryl methyl sites for hydroxylation is 1. The number of rotatable bonds is 11.